The molecule has 0 bridgehead atoms. The second-order valence-electron chi connectivity index (χ2n) is 3.08. The summed E-state index contributed by atoms with van der Waals surface area (Å²) in [7, 11) is 0. The van der Waals surface area contributed by atoms with E-state index in [-0.39, 0.29) is 0 Å². The van der Waals surface area contributed by atoms with Gasteiger partial charge in [-0.25, -0.2) is 0 Å². The lowest BCUT2D eigenvalue weighted by Crippen LogP contribution is -2.16. The van der Waals surface area contributed by atoms with Gasteiger partial charge in [0.15, 0.2) is 0 Å². The van der Waals surface area contributed by atoms with E-state index in [2.05, 4.69) is 25.3 Å². The Morgan fingerprint density at radius 2 is 2.33 bits per heavy atom. The van der Waals surface area contributed by atoms with Crippen LogP contribution >= 0.6 is 0 Å². The minimum atomic E-state index is 0.877. The van der Waals surface area contributed by atoms with Crippen LogP contribution in [0.5, 0.6) is 0 Å². The molecule has 1 unspecified atom stereocenters. The highest BCUT2D eigenvalue weighted by Crippen LogP contribution is 2.17. The average molecular weight is 125 g/mol. The zero-order valence-corrected chi connectivity index (χ0v) is 6.35. The predicted molar refractivity (Wildman–Crippen MR) is 40.2 cm³/mol. The summed E-state index contributed by atoms with van der Waals surface area (Å²) >= 11 is 0. The fourth-order valence-corrected chi connectivity index (χ4v) is 1.28. The van der Waals surface area contributed by atoms with E-state index in [0.29, 0.717) is 0 Å². The molecule has 0 amide bonds. The SMILES string of the molecule is C=C(C)N1CCC(C)C1. The van der Waals surface area contributed by atoms with Gasteiger partial charge in [0.2, 0.25) is 0 Å². The van der Waals surface area contributed by atoms with Crippen LogP contribution in [0.4, 0.5) is 0 Å². The molecule has 1 atom stereocenters. The molecule has 0 spiro atoms. The highest BCUT2D eigenvalue weighted by molar-refractivity contribution is 4.92. The van der Waals surface area contributed by atoms with Crippen LogP contribution in [-0.2, 0) is 0 Å². The second-order valence-corrected chi connectivity index (χ2v) is 3.08. The fourth-order valence-electron chi connectivity index (χ4n) is 1.28. The summed E-state index contributed by atoms with van der Waals surface area (Å²) in [5.41, 5.74) is 1.22. The number of allylic oxidation sites excluding steroid dienone is 1. The molecule has 0 aromatic rings. The van der Waals surface area contributed by atoms with E-state index >= 15 is 0 Å². The van der Waals surface area contributed by atoms with E-state index in [9.17, 15) is 0 Å². The zero-order chi connectivity index (χ0) is 6.85. The maximum Gasteiger partial charge on any atom is 0.0201 e. The molecule has 1 heterocycles. The standard InChI is InChI=1S/C8H15N/c1-7(2)9-5-4-8(3)6-9/h8H,1,4-6H2,2-3H3. The first-order valence-corrected chi connectivity index (χ1v) is 3.60. The molecule has 1 rings (SSSR count). The molecule has 0 N–H and O–H groups in total. The number of hydrogen-bond acceptors (Lipinski definition) is 1. The molecule has 0 aromatic heterocycles. The van der Waals surface area contributed by atoms with Crippen molar-refractivity contribution in [2.24, 2.45) is 5.92 Å². The Morgan fingerprint density at radius 3 is 2.56 bits per heavy atom. The van der Waals surface area contributed by atoms with Gasteiger partial charge in [0.1, 0.15) is 0 Å². The van der Waals surface area contributed by atoms with Crippen LogP contribution < -0.4 is 0 Å². The van der Waals surface area contributed by atoms with Crippen molar-refractivity contribution in [2.75, 3.05) is 13.1 Å². The van der Waals surface area contributed by atoms with Crippen LogP contribution in [0.1, 0.15) is 20.3 Å². The Labute approximate surface area is 57.4 Å². The molecule has 1 aliphatic rings. The monoisotopic (exact) mass is 125 g/mol. The lowest BCUT2D eigenvalue weighted by molar-refractivity contribution is 0.413. The summed E-state index contributed by atoms with van der Waals surface area (Å²) in [6.07, 6.45) is 1.34. The third-order valence-electron chi connectivity index (χ3n) is 1.96. The highest BCUT2D eigenvalue weighted by atomic mass is 15.1. The summed E-state index contributed by atoms with van der Waals surface area (Å²) in [5, 5.41) is 0. The van der Waals surface area contributed by atoms with Crippen molar-refractivity contribution in [1.29, 1.82) is 0 Å². The maximum absolute atomic E-state index is 3.90. The second kappa shape index (κ2) is 2.42. The minimum absolute atomic E-state index is 0.877. The highest BCUT2D eigenvalue weighted by Gasteiger charge is 2.16. The summed E-state index contributed by atoms with van der Waals surface area (Å²) in [6, 6.07) is 0. The van der Waals surface area contributed by atoms with Gasteiger partial charge >= 0.3 is 0 Å². The Kier molecular flexibility index (Phi) is 1.79. The lowest BCUT2D eigenvalue weighted by atomic mass is 10.2. The molecule has 1 fully saturated rings. The predicted octanol–water partition coefficient (Wildman–Crippen LogP) is 1.86. The maximum atomic E-state index is 3.90. The van der Waals surface area contributed by atoms with E-state index in [1.54, 1.807) is 0 Å². The number of nitrogens with zero attached hydrogens (tertiary/aromatic N) is 1. The van der Waals surface area contributed by atoms with Crippen molar-refractivity contribution in [2.45, 2.75) is 20.3 Å². The van der Waals surface area contributed by atoms with E-state index in [1.807, 2.05) is 0 Å². The van der Waals surface area contributed by atoms with Crippen LogP contribution in [0.2, 0.25) is 0 Å². The fraction of sp³-hybridized carbons (Fsp3) is 0.750. The molecule has 52 valence electrons. The first kappa shape index (κ1) is 6.66. The number of hydrogen-bond donors (Lipinski definition) is 0. The van der Waals surface area contributed by atoms with Crippen molar-refractivity contribution in [1.82, 2.24) is 4.90 Å². The third kappa shape index (κ3) is 1.47. The summed E-state index contributed by atoms with van der Waals surface area (Å²) in [6.45, 7) is 10.7. The zero-order valence-electron chi connectivity index (χ0n) is 6.35. The first-order chi connectivity index (χ1) is 4.20. The van der Waals surface area contributed by atoms with Gasteiger partial charge in [-0.1, -0.05) is 13.5 Å². The molecule has 1 nitrogen and oxygen atoms in total. The Morgan fingerprint density at radius 1 is 1.67 bits per heavy atom. The minimum Gasteiger partial charge on any atom is -0.375 e. The number of likely N-dealkylation sites (tertiary alicyclic amines) is 1. The van der Waals surface area contributed by atoms with Gasteiger partial charge in [0, 0.05) is 18.8 Å². The van der Waals surface area contributed by atoms with Crippen LogP contribution in [0.3, 0.4) is 0 Å². The summed E-state index contributed by atoms with van der Waals surface area (Å²) in [5.74, 6) is 0.877. The Balaban J connectivity index is 2.39. The lowest BCUT2D eigenvalue weighted by Gasteiger charge is -2.16. The largest absolute Gasteiger partial charge is 0.375 e. The number of rotatable bonds is 1. The van der Waals surface area contributed by atoms with Crippen LogP contribution in [-0.4, -0.2) is 18.0 Å². The topological polar surface area (TPSA) is 3.24 Å². The Bertz CT molecular complexity index is 118. The van der Waals surface area contributed by atoms with Gasteiger partial charge in [-0.3, -0.25) is 0 Å². The van der Waals surface area contributed by atoms with Gasteiger partial charge in [0.25, 0.3) is 0 Å². The van der Waals surface area contributed by atoms with Crippen LogP contribution in [0.25, 0.3) is 0 Å². The van der Waals surface area contributed by atoms with E-state index in [1.165, 1.54) is 25.2 Å². The molecule has 1 saturated heterocycles. The molecule has 9 heavy (non-hydrogen) atoms. The molecule has 0 aliphatic carbocycles. The van der Waals surface area contributed by atoms with Crippen LogP contribution in [0, 0.1) is 5.92 Å². The van der Waals surface area contributed by atoms with Crippen molar-refractivity contribution in [3.05, 3.63) is 12.3 Å². The van der Waals surface area contributed by atoms with Gasteiger partial charge in [-0.05, 0) is 19.3 Å². The molecule has 0 saturated carbocycles. The van der Waals surface area contributed by atoms with Crippen molar-refractivity contribution in [3.8, 4) is 0 Å². The normalized spacial score (nSPS) is 26.9. The smallest absolute Gasteiger partial charge is 0.0201 e. The van der Waals surface area contributed by atoms with Gasteiger partial charge in [-0.2, -0.15) is 0 Å². The summed E-state index contributed by atoms with van der Waals surface area (Å²) in [4.78, 5) is 2.35. The Hall–Kier alpha value is -0.460. The van der Waals surface area contributed by atoms with E-state index in [4.69, 9.17) is 0 Å². The van der Waals surface area contributed by atoms with E-state index < -0.39 is 0 Å². The van der Waals surface area contributed by atoms with Gasteiger partial charge in [-0.15, -0.1) is 0 Å². The van der Waals surface area contributed by atoms with E-state index in [0.717, 1.165) is 5.92 Å². The van der Waals surface area contributed by atoms with Crippen molar-refractivity contribution < 1.29 is 0 Å². The van der Waals surface area contributed by atoms with Crippen molar-refractivity contribution >= 4 is 0 Å². The molecule has 1 aliphatic heterocycles. The quantitative estimate of drug-likeness (QED) is 0.517. The van der Waals surface area contributed by atoms with Gasteiger partial charge < -0.3 is 4.90 Å². The molecule has 1 heteroatoms. The third-order valence-corrected chi connectivity index (χ3v) is 1.96. The first-order valence-electron chi connectivity index (χ1n) is 3.60. The molecular weight excluding hydrogens is 110 g/mol. The van der Waals surface area contributed by atoms with Crippen LogP contribution in [0.15, 0.2) is 12.3 Å². The molecular formula is C8H15N. The van der Waals surface area contributed by atoms with Gasteiger partial charge in [0.05, 0.1) is 0 Å². The molecule has 0 radical (unpaired) electrons. The van der Waals surface area contributed by atoms with Crippen molar-refractivity contribution in [3.63, 3.8) is 0 Å². The average Bonchev–Trinajstić information content (AvgIpc) is 2.14. The summed E-state index contributed by atoms with van der Waals surface area (Å²) < 4.78 is 0. The molecule has 0 aromatic carbocycles.